The highest BCUT2D eigenvalue weighted by atomic mass is 19.1. The fraction of sp³-hybridized carbons (Fsp3) is 0.306. The van der Waals surface area contributed by atoms with Gasteiger partial charge in [-0.05, 0) is 90.1 Å². The number of hydrogen-bond donors (Lipinski definition) is 1. The molecule has 4 aromatic heterocycles. The van der Waals surface area contributed by atoms with Gasteiger partial charge in [-0.3, -0.25) is 14.4 Å². The lowest BCUT2D eigenvalue weighted by molar-refractivity contribution is -0.124. The third-order valence-corrected chi connectivity index (χ3v) is 7.55. The number of nitrogens with zero attached hydrogens (tertiary/aromatic N) is 9. The lowest BCUT2D eigenvalue weighted by Gasteiger charge is -2.20. The van der Waals surface area contributed by atoms with Gasteiger partial charge in [0.25, 0.3) is 0 Å². The quantitative estimate of drug-likeness (QED) is 0.214. The SMILES string of the molecule is CC(=O)N(C(C)=O)c1ncnc2c1c(-c1ccc(F)cc1)nn2C(C)(C)C.CC(=O)Nc1ncnc2c1c(-c1ccc(F)cc1)nn2C(C)(C)C. The van der Waals surface area contributed by atoms with Gasteiger partial charge >= 0.3 is 0 Å². The van der Waals surface area contributed by atoms with Crippen molar-refractivity contribution in [3.8, 4) is 22.5 Å². The molecule has 0 unspecified atom stereocenters. The number of hydrogen-bond acceptors (Lipinski definition) is 9. The number of anilines is 2. The summed E-state index contributed by atoms with van der Waals surface area (Å²) in [6.45, 7) is 15.9. The highest BCUT2D eigenvalue weighted by Gasteiger charge is 2.29. The van der Waals surface area contributed by atoms with Crippen molar-refractivity contribution in [1.82, 2.24) is 39.5 Å². The second-order valence-corrected chi connectivity index (χ2v) is 13.7. The number of amides is 3. The van der Waals surface area contributed by atoms with Crippen LogP contribution >= 0.6 is 0 Å². The molecule has 6 aromatic rings. The zero-order valence-electron chi connectivity index (χ0n) is 29.8. The van der Waals surface area contributed by atoms with Gasteiger partial charge in [0.05, 0.1) is 21.9 Å². The summed E-state index contributed by atoms with van der Waals surface area (Å²) in [5.74, 6) is -1.30. The molecule has 0 radical (unpaired) electrons. The number of fused-ring (bicyclic) bond motifs is 2. The lowest BCUT2D eigenvalue weighted by Crippen LogP contribution is -2.34. The van der Waals surface area contributed by atoms with Gasteiger partial charge in [0.2, 0.25) is 17.7 Å². The Labute approximate surface area is 292 Å². The van der Waals surface area contributed by atoms with Crippen molar-refractivity contribution in [1.29, 1.82) is 0 Å². The Morgan fingerprint density at radius 1 is 0.627 bits per heavy atom. The molecule has 0 spiro atoms. The minimum atomic E-state index is -0.462. The molecule has 0 aliphatic heterocycles. The molecule has 1 N–H and O–H groups in total. The summed E-state index contributed by atoms with van der Waals surface area (Å²) in [5, 5.41) is 13.1. The van der Waals surface area contributed by atoms with Crippen LogP contribution in [0.2, 0.25) is 0 Å². The first-order valence-corrected chi connectivity index (χ1v) is 16.0. The number of benzene rings is 2. The zero-order valence-corrected chi connectivity index (χ0v) is 29.8. The van der Waals surface area contributed by atoms with E-state index in [2.05, 4.69) is 35.5 Å². The molecule has 2 aromatic carbocycles. The molecule has 15 heteroatoms. The van der Waals surface area contributed by atoms with Crippen LogP contribution in [0, 0.1) is 11.6 Å². The van der Waals surface area contributed by atoms with E-state index < -0.39 is 17.4 Å². The smallest absolute Gasteiger partial charge is 0.231 e. The maximum atomic E-state index is 13.4. The van der Waals surface area contributed by atoms with E-state index >= 15 is 0 Å². The number of carbonyl (C=O) groups excluding carboxylic acids is 3. The average Bonchev–Trinajstić information content (AvgIpc) is 3.63. The van der Waals surface area contributed by atoms with E-state index in [4.69, 9.17) is 0 Å². The van der Waals surface area contributed by atoms with Gasteiger partial charge < -0.3 is 5.32 Å². The Balaban J connectivity index is 0.000000199. The molecule has 51 heavy (non-hydrogen) atoms. The maximum Gasteiger partial charge on any atom is 0.231 e. The van der Waals surface area contributed by atoms with Crippen LogP contribution in [0.25, 0.3) is 44.6 Å². The number of carbonyl (C=O) groups is 3. The van der Waals surface area contributed by atoms with E-state index in [9.17, 15) is 23.2 Å². The van der Waals surface area contributed by atoms with E-state index in [-0.39, 0.29) is 28.9 Å². The van der Waals surface area contributed by atoms with Crippen molar-refractivity contribution in [2.24, 2.45) is 0 Å². The van der Waals surface area contributed by atoms with Crippen LogP contribution in [-0.4, -0.2) is 57.2 Å². The molecule has 3 amide bonds. The number of halogens is 2. The van der Waals surface area contributed by atoms with E-state index in [1.165, 1.54) is 57.7 Å². The average molecular weight is 697 g/mol. The van der Waals surface area contributed by atoms with Crippen LogP contribution in [0.4, 0.5) is 20.4 Å². The molecule has 0 atom stereocenters. The lowest BCUT2D eigenvalue weighted by atomic mass is 10.1. The van der Waals surface area contributed by atoms with E-state index in [0.29, 0.717) is 44.8 Å². The van der Waals surface area contributed by atoms with Gasteiger partial charge in [-0.2, -0.15) is 10.2 Å². The number of imide groups is 1. The van der Waals surface area contributed by atoms with Crippen molar-refractivity contribution in [2.45, 2.75) is 73.4 Å². The predicted octanol–water partition coefficient (Wildman–Crippen LogP) is 6.63. The third-order valence-electron chi connectivity index (χ3n) is 7.55. The maximum absolute atomic E-state index is 13.4. The summed E-state index contributed by atoms with van der Waals surface area (Å²) in [6, 6.07) is 11.9. The van der Waals surface area contributed by atoms with Crippen LogP contribution in [-0.2, 0) is 25.5 Å². The van der Waals surface area contributed by atoms with Gasteiger partial charge in [0.15, 0.2) is 17.1 Å². The molecule has 4 heterocycles. The molecule has 6 rings (SSSR count). The number of aromatic nitrogens is 8. The Morgan fingerprint density at radius 3 is 1.45 bits per heavy atom. The van der Waals surface area contributed by atoms with Gasteiger partial charge in [-0.1, -0.05) is 0 Å². The Kier molecular flexibility index (Phi) is 9.77. The molecule has 0 aliphatic carbocycles. The minimum Gasteiger partial charge on any atom is -0.310 e. The van der Waals surface area contributed by atoms with Crippen molar-refractivity contribution in [3.05, 3.63) is 72.8 Å². The summed E-state index contributed by atoms with van der Waals surface area (Å²) in [4.78, 5) is 53.7. The molecule has 0 aliphatic rings. The van der Waals surface area contributed by atoms with Crippen LogP contribution < -0.4 is 10.2 Å². The molecule has 0 saturated carbocycles. The van der Waals surface area contributed by atoms with Crippen LogP contribution in [0.1, 0.15) is 62.3 Å². The minimum absolute atomic E-state index is 0.162. The molecule has 264 valence electrons. The molecule has 0 saturated heterocycles. The summed E-state index contributed by atoms with van der Waals surface area (Å²) in [7, 11) is 0. The predicted molar refractivity (Wildman–Crippen MR) is 190 cm³/mol. The summed E-state index contributed by atoms with van der Waals surface area (Å²) in [5.41, 5.74) is 2.79. The molecule has 0 fully saturated rings. The standard InChI is InChI=1S/C19H20FN5O2.C17H18FN5O/c1-11(26)24(12(2)27)17-15-16(13-6-8-14(20)9-7-13)23-25(19(3,4)5)18(15)22-10-21-17;1-10(24)21-15-13-14(11-5-7-12(18)8-6-11)22-23(17(2,3)4)16(13)20-9-19-15/h6-10H,1-5H3;5-9H,1-4H3,(H,19,20,21,24). The van der Waals surface area contributed by atoms with Crippen LogP contribution in [0.3, 0.4) is 0 Å². The summed E-state index contributed by atoms with van der Waals surface area (Å²) < 4.78 is 30.1. The Morgan fingerprint density at radius 2 is 1.04 bits per heavy atom. The van der Waals surface area contributed by atoms with Gasteiger partial charge in [-0.15, -0.1) is 0 Å². The Bertz CT molecular complexity index is 2250. The summed E-state index contributed by atoms with van der Waals surface area (Å²) >= 11 is 0. The second kappa shape index (κ2) is 13.7. The normalized spacial score (nSPS) is 11.7. The Hall–Kier alpha value is -5.99. The van der Waals surface area contributed by atoms with Crippen LogP contribution in [0.15, 0.2) is 61.2 Å². The van der Waals surface area contributed by atoms with E-state index in [1.54, 1.807) is 33.6 Å². The summed E-state index contributed by atoms with van der Waals surface area (Å²) in [6.07, 6.45) is 2.70. The third kappa shape index (κ3) is 7.46. The first kappa shape index (κ1) is 36.3. The highest BCUT2D eigenvalue weighted by molar-refractivity contribution is 6.17. The molecular weight excluding hydrogens is 658 g/mol. The van der Waals surface area contributed by atoms with E-state index in [1.807, 2.05) is 41.5 Å². The fourth-order valence-corrected chi connectivity index (χ4v) is 5.40. The molecular formula is C36H38F2N10O3. The van der Waals surface area contributed by atoms with E-state index in [0.717, 1.165) is 10.5 Å². The number of rotatable bonds is 4. The molecule has 0 bridgehead atoms. The van der Waals surface area contributed by atoms with Gasteiger partial charge in [0, 0.05) is 31.9 Å². The molecule has 13 nitrogen and oxygen atoms in total. The fourth-order valence-electron chi connectivity index (χ4n) is 5.40. The van der Waals surface area contributed by atoms with Gasteiger partial charge in [-0.25, -0.2) is 43.0 Å². The first-order valence-electron chi connectivity index (χ1n) is 16.0. The topological polar surface area (TPSA) is 154 Å². The van der Waals surface area contributed by atoms with Gasteiger partial charge in [0.1, 0.15) is 41.5 Å². The van der Waals surface area contributed by atoms with Crippen molar-refractivity contribution >= 4 is 51.4 Å². The second-order valence-electron chi connectivity index (χ2n) is 13.7. The first-order chi connectivity index (χ1) is 23.9. The van der Waals surface area contributed by atoms with Crippen molar-refractivity contribution in [3.63, 3.8) is 0 Å². The monoisotopic (exact) mass is 696 g/mol. The number of nitrogens with one attached hydrogen (secondary N) is 1. The zero-order chi connectivity index (χ0) is 37.4. The highest BCUT2D eigenvalue weighted by Crippen LogP contribution is 2.36. The largest absolute Gasteiger partial charge is 0.310 e. The van der Waals surface area contributed by atoms with Crippen LogP contribution in [0.5, 0.6) is 0 Å². The van der Waals surface area contributed by atoms with Crippen molar-refractivity contribution < 1.29 is 23.2 Å². The van der Waals surface area contributed by atoms with Crippen molar-refractivity contribution in [2.75, 3.05) is 10.2 Å².